The van der Waals surface area contributed by atoms with E-state index >= 15 is 0 Å². The Morgan fingerprint density at radius 1 is 1.00 bits per heavy atom. The number of nitrogens with zero attached hydrogens (tertiary/aromatic N) is 3. The van der Waals surface area contributed by atoms with Crippen LogP contribution in [0.2, 0.25) is 0 Å². The zero-order valence-electron chi connectivity index (χ0n) is 20.0. The van der Waals surface area contributed by atoms with Gasteiger partial charge in [-0.15, -0.1) is 0 Å². The van der Waals surface area contributed by atoms with E-state index in [9.17, 15) is 14.4 Å². The monoisotopic (exact) mass is 472 g/mol. The summed E-state index contributed by atoms with van der Waals surface area (Å²) in [5.41, 5.74) is 3.17. The van der Waals surface area contributed by atoms with Gasteiger partial charge in [0, 0.05) is 51.6 Å². The van der Waals surface area contributed by atoms with Crippen LogP contribution in [0, 0.1) is 13.8 Å². The fourth-order valence-electron chi connectivity index (χ4n) is 4.27. The number of hydrogen-bond donors (Lipinski definition) is 1. The smallest absolute Gasteiger partial charge is 0.330 e. The fourth-order valence-corrected chi connectivity index (χ4v) is 4.27. The van der Waals surface area contributed by atoms with E-state index in [0.717, 1.165) is 48.2 Å². The summed E-state index contributed by atoms with van der Waals surface area (Å²) < 4.78 is 4.98. The van der Waals surface area contributed by atoms with Crippen LogP contribution in [0.3, 0.4) is 0 Å². The predicted octanol–water partition coefficient (Wildman–Crippen LogP) is 4.75. The Morgan fingerprint density at radius 2 is 1.69 bits per heavy atom. The molecular formula is C27H28N4O4. The topological polar surface area (TPSA) is 101 Å². The average molecular weight is 473 g/mol. The molecule has 2 amide bonds. The van der Waals surface area contributed by atoms with Crippen molar-refractivity contribution < 1.29 is 19.1 Å². The standard InChI is InChI=1S/C27H28N4O4/c1-4-23(32)35-15-8-6-5-7-14-28-22-13-12-21-24-19(22)10-9-11-20(24)25(33)31(26(21)34)27-29-17(2)16-18(3)30-27/h4,9-13,16,28H,1,5-8,14-15H2,2-3H3. The highest BCUT2D eigenvalue weighted by Gasteiger charge is 2.36. The average Bonchev–Trinajstić information content (AvgIpc) is 2.83. The number of carbonyl (C=O) groups is 3. The highest BCUT2D eigenvalue weighted by molar-refractivity contribution is 6.36. The van der Waals surface area contributed by atoms with Crippen molar-refractivity contribution >= 4 is 40.2 Å². The highest BCUT2D eigenvalue weighted by Crippen LogP contribution is 2.35. The molecule has 0 fully saturated rings. The minimum atomic E-state index is -0.424. The summed E-state index contributed by atoms with van der Waals surface area (Å²) in [7, 11) is 0. The van der Waals surface area contributed by atoms with Gasteiger partial charge in [-0.1, -0.05) is 25.1 Å². The molecule has 0 spiro atoms. The van der Waals surface area contributed by atoms with Crippen LogP contribution < -0.4 is 10.2 Å². The zero-order chi connectivity index (χ0) is 24.9. The molecule has 0 atom stereocenters. The number of anilines is 2. The molecule has 0 aliphatic carbocycles. The van der Waals surface area contributed by atoms with Gasteiger partial charge in [-0.3, -0.25) is 9.59 Å². The third kappa shape index (κ3) is 5.06. The molecule has 2 heterocycles. The molecule has 1 aromatic heterocycles. The number of amides is 2. The van der Waals surface area contributed by atoms with E-state index in [2.05, 4.69) is 21.9 Å². The summed E-state index contributed by atoms with van der Waals surface area (Å²) >= 11 is 0. The normalized spacial score (nSPS) is 12.7. The molecule has 0 radical (unpaired) electrons. The van der Waals surface area contributed by atoms with Crippen LogP contribution in [0.5, 0.6) is 0 Å². The van der Waals surface area contributed by atoms with Crippen molar-refractivity contribution in [3.8, 4) is 0 Å². The van der Waals surface area contributed by atoms with E-state index < -0.39 is 17.8 Å². The first-order valence-corrected chi connectivity index (χ1v) is 11.7. The molecule has 35 heavy (non-hydrogen) atoms. The Kier molecular flexibility index (Phi) is 7.19. The largest absolute Gasteiger partial charge is 0.463 e. The molecule has 180 valence electrons. The summed E-state index contributed by atoms with van der Waals surface area (Å²) in [5, 5.41) is 4.92. The van der Waals surface area contributed by atoms with Gasteiger partial charge in [0.15, 0.2) is 0 Å². The lowest BCUT2D eigenvalue weighted by atomic mass is 9.93. The van der Waals surface area contributed by atoms with Crippen molar-refractivity contribution in [2.45, 2.75) is 39.5 Å². The van der Waals surface area contributed by atoms with Gasteiger partial charge in [-0.2, -0.15) is 0 Å². The predicted molar refractivity (Wildman–Crippen MR) is 135 cm³/mol. The number of ether oxygens (including phenoxy) is 1. The number of benzene rings is 2. The van der Waals surface area contributed by atoms with E-state index in [0.29, 0.717) is 34.5 Å². The Hall–Kier alpha value is -4.07. The fraction of sp³-hybridized carbons (Fsp3) is 0.296. The quantitative estimate of drug-likeness (QED) is 0.197. The van der Waals surface area contributed by atoms with E-state index in [1.807, 2.05) is 18.2 Å². The van der Waals surface area contributed by atoms with Crippen LogP contribution >= 0.6 is 0 Å². The Balaban J connectivity index is 1.47. The lowest BCUT2D eigenvalue weighted by Gasteiger charge is -2.26. The number of carbonyl (C=O) groups excluding carboxylic acids is 3. The molecule has 0 saturated heterocycles. The van der Waals surface area contributed by atoms with Crippen molar-refractivity contribution in [1.29, 1.82) is 0 Å². The lowest BCUT2D eigenvalue weighted by molar-refractivity contribution is -0.137. The molecule has 1 N–H and O–H groups in total. The van der Waals surface area contributed by atoms with Crippen LogP contribution in [-0.2, 0) is 9.53 Å². The maximum Gasteiger partial charge on any atom is 0.330 e. The second-order valence-electron chi connectivity index (χ2n) is 8.50. The Bertz CT molecular complexity index is 1280. The van der Waals surface area contributed by atoms with Gasteiger partial charge < -0.3 is 10.1 Å². The first-order chi connectivity index (χ1) is 16.9. The summed E-state index contributed by atoms with van der Waals surface area (Å²) in [6.07, 6.45) is 4.86. The first kappa shape index (κ1) is 24.1. The third-order valence-corrected chi connectivity index (χ3v) is 5.88. The van der Waals surface area contributed by atoms with Crippen LogP contribution in [-0.4, -0.2) is 40.9 Å². The van der Waals surface area contributed by atoms with Crippen LogP contribution in [0.25, 0.3) is 10.8 Å². The summed E-state index contributed by atoms with van der Waals surface area (Å²) in [6, 6.07) is 10.9. The van der Waals surface area contributed by atoms with Crippen LogP contribution in [0.1, 0.15) is 57.8 Å². The maximum atomic E-state index is 13.4. The Morgan fingerprint density at radius 3 is 2.40 bits per heavy atom. The number of nitrogens with one attached hydrogen (secondary N) is 1. The molecule has 0 saturated carbocycles. The van der Waals surface area contributed by atoms with Crippen molar-refractivity contribution in [1.82, 2.24) is 9.97 Å². The van der Waals surface area contributed by atoms with Crippen molar-refractivity contribution in [3.05, 3.63) is 71.6 Å². The van der Waals surface area contributed by atoms with Crippen molar-refractivity contribution in [2.24, 2.45) is 0 Å². The molecule has 0 unspecified atom stereocenters. The number of aromatic nitrogens is 2. The van der Waals surface area contributed by atoms with Crippen molar-refractivity contribution in [3.63, 3.8) is 0 Å². The van der Waals surface area contributed by atoms with Crippen LogP contribution in [0.4, 0.5) is 11.6 Å². The minimum absolute atomic E-state index is 0.0987. The molecule has 0 bridgehead atoms. The van der Waals surface area contributed by atoms with E-state index in [1.165, 1.54) is 6.08 Å². The van der Waals surface area contributed by atoms with Gasteiger partial charge in [-0.25, -0.2) is 19.7 Å². The number of esters is 1. The molecule has 3 aromatic rings. The number of rotatable bonds is 10. The molecule has 8 nitrogen and oxygen atoms in total. The van der Waals surface area contributed by atoms with E-state index in [4.69, 9.17) is 4.74 Å². The van der Waals surface area contributed by atoms with Crippen LogP contribution in [0.15, 0.2) is 49.1 Å². The molecule has 1 aliphatic heterocycles. The van der Waals surface area contributed by atoms with Crippen molar-refractivity contribution in [2.75, 3.05) is 23.4 Å². The number of hydrogen-bond acceptors (Lipinski definition) is 7. The highest BCUT2D eigenvalue weighted by atomic mass is 16.5. The van der Waals surface area contributed by atoms with E-state index in [1.54, 1.807) is 32.0 Å². The summed E-state index contributed by atoms with van der Waals surface area (Å²) in [4.78, 5) is 47.5. The Labute approximate surface area is 204 Å². The minimum Gasteiger partial charge on any atom is -0.463 e. The zero-order valence-corrected chi connectivity index (χ0v) is 20.0. The molecule has 4 rings (SSSR count). The molecule has 2 aromatic carbocycles. The second kappa shape index (κ2) is 10.5. The SMILES string of the molecule is C=CC(=O)OCCCCCCNc1ccc2c3c(cccc13)C(=O)N(c1nc(C)cc(C)n1)C2=O. The van der Waals surface area contributed by atoms with Gasteiger partial charge >= 0.3 is 5.97 Å². The van der Waals surface area contributed by atoms with Gasteiger partial charge in [0.25, 0.3) is 11.8 Å². The molecule has 8 heteroatoms. The molecule has 1 aliphatic rings. The maximum absolute atomic E-state index is 13.4. The van der Waals surface area contributed by atoms with Gasteiger partial charge in [0.05, 0.1) is 6.61 Å². The lowest BCUT2D eigenvalue weighted by Crippen LogP contribution is -2.41. The van der Waals surface area contributed by atoms with Gasteiger partial charge in [0.2, 0.25) is 5.95 Å². The van der Waals surface area contributed by atoms with E-state index in [-0.39, 0.29) is 5.95 Å². The molecular weight excluding hydrogens is 444 g/mol. The second-order valence-corrected chi connectivity index (χ2v) is 8.50. The summed E-state index contributed by atoms with van der Waals surface area (Å²) in [6.45, 7) is 8.14. The number of imide groups is 1. The van der Waals surface area contributed by atoms with Gasteiger partial charge in [0.1, 0.15) is 0 Å². The number of unbranched alkanes of at least 4 members (excludes halogenated alkanes) is 3. The summed E-state index contributed by atoms with van der Waals surface area (Å²) in [5.74, 6) is -1.14. The first-order valence-electron chi connectivity index (χ1n) is 11.7. The third-order valence-electron chi connectivity index (χ3n) is 5.88. The van der Waals surface area contributed by atoms with Gasteiger partial charge in [-0.05, 0) is 57.4 Å². The number of aryl methyl sites for hydroxylation is 2.